The van der Waals surface area contributed by atoms with Crippen molar-refractivity contribution in [3.63, 3.8) is 0 Å². The van der Waals surface area contributed by atoms with Crippen LogP contribution in [0.15, 0.2) is 96.8 Å². The van der Waals surface area contributed by atoms with E-state index in [9.17, 15) is 14.4 Å². The number of aromatic nitrogens is 1. The third kappa shape index (κ3) is 6.07. The fourth-order valence-electron chi connectivity index (χ4n) is 5.27. The van der Waals surface area contributed by atoms with Gasteiger partial charge in [-0.15, -0.1) is 0 Å². The number of fused-ring (bicyclic) bond motifs is 2. The highest BCUT2D eigenvalue weighted by Crippen LogP contribution is 2.34. The average Bonchev–Trinajstić information content (AvgIpc) is 3.34. The molecule has 1 unspecified atom stereocenters. The molecule has 216 valence electrons. The van der Waals surface area contributed by atoms with Crippen LogP contribution in [0.1, 0.15) is 35.3 Å². The van der Waals surface area contributed by atoms with Crippen LogP contribution in [-0.2, 0) is 32.0 Å². The molecular weight excluding hydrogens is 532 g/mol. The molecule has 0 amide bonds. The van der Waals surface area contributed by atoms with E-state index in [1.165, 1.54) is 5.56 Å². The molecule has 0 bridgehead atoms. The Kier molecular flexibility index (Phi) is 9.02. The Morgan fingerprint density at radius 3 is 2.33 bits per heavy atom. The largest absolute Gasteiger partial charge is 0.483 e. The maximum Gasteiger partial charge on any atom is 0.324 e. The number of esters is 2. The highest BCUT2D eigenvalue weighted by Gasteiger charge is 2.46. The van der Waals surface area contributed by atoms with Crippen LogP contribution >= 0.6 is 0 Å². The number of nitrogens with one attached hydrogen (secondary N) is 1. The first kappa shape index (κ1) is 28.7. The molecular formula is C34H34N2O6. The molecule has 0 radical (unpaired) electrons. The van der Waals surface area contributed by atoms with Crippen molar-refractivity contribution in [2.75, 3.05) is 19.8 Å². The Hall–Kier alpha value is -4.85. The van der Waals surface area contributed by atoms with Crippen molar-refractivity contribution in [3.05, 3.63) is 114 Å². The molecule has 5 rings (SSSR count). The summed E-state index contributed by atoms with van der Waals surface area (Å²) in [7, 11) is 0. The van der Waals surface area contributed by atoms with Gasteiger partial charge in [0.25, 0.3) is 0 Å². The van der Waals surface area contributed by atoms with Crippen LogP contribution in [0.25, 0.3) is 10.9 Å². The van der Waals surface area contributed by atoms with Crippen molar-refractivity contribution in [1.82, 2.24) is 9.88 Å². The topological polar surface area (TPSA) is 95.9 Å². The summed E-state index contributed by atoms with van der Waals surface area (Å²) in [5.74, 6) is -3.08. The van der Waals surface area contributed by atoms with Crippen molar-refractivity contribution in [3.8, 4) is 5.75 Å². The number of carbonyl (C=O) groups is 3. The molecule has 0 saturated carbocycles. The molecule has 0 aliphatic carbocycles. The predicted octanol–water partition coefficient (Wildman–Crippen LogP) is 5.09. The highest BCUT2D eigenvalue weighted by atomic mass is 16.6. The molecule has 1 N–H and O–H groups in total. The van der Waals surface area contributed by atoms with Crippen LogP contribution in [0.5, 0.6) is 5.75 Å². The van der Waals surface area contributed by atoms with Gasteiger partial charge in [0.05, 0.1) is 24.4 Å². The van der Waals surface area contributed by atoms with Crippen molar-refractivity contribution in [2.24, 2.45) is 5.92 Å². The number of carbonyl (C=O) groups excluding carboxylic acids is 3. The molecule has 0 spiro atoms. The Balaban J connectivity index is 1.40. The summed E-state index contributed by atoms with van der Waals surface area (Å²) < 4.78 is 18.7. The maximum absolute atomic E-state index is 13.6. The SMILES string of the molecule is CCOC(=O)C(C(=O)OCC)C1Oc2ccccc2C(=O)/C1=C\NCCc1cn(Cc2ccccc2)c2ccccc12. The molecule has 3 aromatic carbocycles. The van der Waals surface area contributed by atoms with Crippen molar-refractivity contribution < 1.29 is 28.6 Å². The quantitative estimate of drug-likeness (QED) is 0.117. The third-order valence-corrected chi connectivity index (χ3v) is 7.20. The van der Waals surface area contributed by atoms with E-state index in [2.05, 4.69) is 40.3 Å². The van der Waals surface area contributed by atoms with E-state index in [-0.39, 0.29) is 24.6 Å². The number of hydrogen-bond donors (Lipinski definition) is 1. The van der Waals surface area contributed by atoms with Crippen LogP contribution in [-0.4, -0.2) is 48.2 Å². The zero-order valence-corrected chi connectivity index (χ0v) is 23.7. The van der Waals surface area contributed by atoms with Gasteiger partial charge >= 0.3 is 11.9 Å². The summed E-state index contributed by atoms with van der Waals surface area (Å²) in [5, 5.41) is 4.40. The van der Waals surface area contributed by atoms with Crippen LogP contribution in [0.3, 0.4) is 0 Å². The molecule has 0 saturated heterocycles. The van der Waals surface area contributed by atoms with E-state index in [0.29, 0.717) is 24.3 Å². The summed E-state index contributed by atoms with van der Waals surface area (Å²) in [6.45, 7) is 4.71. The molecule has 1 aliphatic rings. The van der Waals surface area contributed by atoms with Gasteiger partial charge in [-0.3, -0.25) is 14.4 Å². The van der Waals surface area contributed by atoms with Crippen LogP contribution in [0, 0.1) is 5.92 Å². The first-order valence-electron chi connectivity index (χ1n) is 14.2. The third-order valence-electron chi connectivity index (χ3n) is 7.20. The normalized spacial score (nSPS) is 15.4. The summed E-state index contributed by atoms with van der Waals surface area (Å²) in [6, 6.07) is 25.4. The van der Waals surface area contributed by atoms with Crippen molar-refractivity contribution in [1.29, 1.82) is 0 Å². The van der Waals surface area contributed by atoms with E-state index < -0.39 is 24.0 Å². The lowest BCUT2D eigenvalue weighted by molar-refractivity contribution is -0.165. The molecule has 8 heteroatoms. The minimum absolute atomic E-state index is 0.0706. The summed E-state index contributed by atoms with van der Waals surface area (Å²) in [6.07, 6.45) is 3.20. The van der Waals surface area contributed by atoms with Gasteiger partial charge in [0.15, 0.2) is 17.8 Å². The number of rotatable bonds is 11. The maximum atomic E-state index is 13.6. The second-order valence-corrected chi connectivity index (χ2v) is 9.93. The minimum Gasteiger partial charge on any atom is -0.483 e. The van der Waals surface area contributed by atoms with Gasteiger partial charge in [0.1, 0.15) is 5.75 Å². The smallest absolute Gasteiger partial charge is 0.324 e. The molecule has 4 aromatic rings. The average molecular weight is 567 g/mol. The summed E-state index contributed by atoms with van der Waals surface area (Å²) in [4.78, 5) is 39.5. The summed E-state index contributed by atoms with van der Waals surface area (Å²) >= 11 is 0. The second-order valence-electron chi connectivity index (χ2n) is 9.93. The lowest BCUT2D eigenvalue weighted by Gasteiger charge is -2.31. The zero-order chi connectivity index (χ0) is 29.5. The number of Topliss-reactive ketones (excluding diaryl/α,β-unsaturated/α-hetero) is 1. The minimum atomic E-state index is -1.45. The standard InChI is InChI=1S/C34H34N2O6/c1-3-40-33(38)30(34(39)41-4-2)32-27(31(37)26-15-9-11-17-29(26)42-32)20-35-19-18-24-22-36(21-23-12-6-5-7-13-23)28-16-10-8-14-25(24)28/h5-17,20,22,30,32,35H,3-4,18-19,21H2,1-2H3/b27-20+. The van der Waals surface area contributed by atoms with Gasteiger partial charge in [-0.05, 0) is 49.6 Å². The molecule has 1 aliphatic heterocycles. The van der Waals surface area contributed by atoms with Gasteiger partial charge in [0.2, 0.25) is 0 Å². The Morgan fingerprint density at radius 2 is 1.60 bits per heavy atom. The van der Waals surface area contributed by atoms with Gasteiger partial charge < -0.3 is 24.1 Å². The van der Waals surface area contributed by atoms with E-state index in [1.807, 2.05) is 30.3 Å². The van der Waals surface area contributed by atoms with Crippen LogP contribution < -0.4 is 10.1 Å². The van der Waals surface area contributed by atoms with E-state index in [0.717, 1.165) is 23.0 Å². The molecule has 0 fully saturated rings. The second kappa shape index (κ2) is 13.2. The number of ketones is 1. The van der Waals surface area contributed by atoms with Gasteiger partial charge in [-0.2, -0.15) is 0 Å². The first-order chi connectivity index (χ1) is 20.5. The predicted molar refractivity (Wildman–Crippen MR) is 159 cm³/mol. The molecule has 1 aromatic heterocycles. The fraction of sp³-hybridized carbons (Fsp3) is 0.265. The Bertz CT molecular complexity index is 1590. The number of nitrogens with zero attached hydrogens (tertiary/aromatic N) is 1. The van der Waals surface area contributed by atoms with Gasteiger partial charge in [-0.1, -0.05) is 60.7 Å². The first-order valence-corrected chi connectivity index (χ1v) is 14.2. The molecule has 42 heavy (non-hydrogen) atoms. The number of para-hydroxylation sites is 2. The van der Waals surface area contributed by atoms with E-state index in [1.54, 1.807) is 44.3 Å². The Labute approximate surface area is 244 Å². The molecule has 8 nitrogen and oxygen atoms in total. The van der Waals surface area contributed by atoms with E-state index in [4.69, 9.17) is 14.2 Å². The number of benzene rings is 3. The van der Waals surface area contributed by atoms with Gasteiger partial charge in [0, 0.05) is 36.4 Å². The van der Waals surface area contributed by atoms with Crippen molar-refractivity contribution in [2.45, 2.75) is 32.9 Å². The lowest BCUT2D eigenvalue weighted by Crippen LogP contribution is -2.46. The molecule has 1 atom stereocenters. The zero-order valence-electron chi connectivity index (χ0n) is 23.7. The molecule has 2 heterocycles. The number of ether oxygens (including phenoxy) is 3. The van der Waals surface area contributed by atoms with Crippen molar-refractivity contribution >= 4 is 28.6 Å². The van der Waals surface area contributed by atoms with Crippen LogP contribution in [0.4, 0.5) is 0 Å². The lowest BCUT2D eigenvalue weighted by atomic mass is 9.88. The summed E-state index contributed by atoms with van der Waals surface area (Å²) in [5.41, 5.74) is 4.04. The van der Waals surface area contributed by atoms with E-state index >= 15 is 0 Å². The number of hydrogen-bond acceptors (Lipinski definition) is 7. The Morgan fingerprint density at radius 1 is 0.929 bits per heavy atom. The highest BCUT2D eigenvalue weighted by molar-refractivity contribution is 6.13. The van der Waals surface area contributed by atoms with Crippen LogP contribution in [0.2, 0.25) is 0 Å². The fourth-order valence-corrected chi connectivity index (χ4v) is 5.27. The van der Waals surface area contributed by atoms with Gasteiger partial charge in [-0.25, -0.2) is 0 Å². The monoisotopic (exact) mass is 566 g/mol.